The molecule has 2 aliphatic rings. The number of hydrogen-bond acceptors (Lipinski definition) is 7. The number of benzene rings is 1. The quantitative estimate of drug-likeness (QED) is 0.587. The largest absolute Gasteiger partial charge is 0.434 e. The average molecular weight is 453 g/mol. The van der Waals surface area contributed by atoms with E-state index in [9.17, 15) is 4.39 Å². The molecule has 0 spiro atoms. The van der Waals surface area contributed by atoms with E-state index in [4.69, 9.17) is 16.3 Å². The van der Waals surface area contributed by atoms with Crippen LogP contribution in [0, 0.1) is 5.82 Å². The number of anilines is 3. The Hall–Kier alpha value is -3.23. The number of pyridine rings is 1. The minimum Gasteiger partial charge on any atom is -0.434 e. The number of hydrogen-bond donors (Lipinski definition) is 2. The molecule has 164 valence electrons. The van der Waals surface area contributed by atoms with Crippen molar-refractivity contribution in [2.24, 2.45) is 0 Å². The van der Waals surface area contributed by atoms with Gasteiger partial charge < -0.3 is 20.3 Å². The molecule has 2 aromatic heterocycles. The van der Waals surface area contributed by atoms with Gasteiger partial charge in [-0.25, -0.2) is 14.4 Å². The zero-order valence-corrected chi connectivity index (χ0v) is 18.3. The van der Waals surface area contributed by atoms with Crippen LogP contribution in [0.15, 0.2) is 42.4 Å². The monoisotopic (exact) mass is 452 g/mol. The maximum Gasteiger partial charge on any atom is 0.243 e. The van der Waals surface area contributed by atoms with E-state index in [0.717, 1.165) is 49.4 Å². The fourth-order valence-corrected chi connectivity index (χ4v) is 4.09. The van der Waals surface area contributed by atoms with Gasteiger partial charge in [-0.3, -0.25) is 0 Å². The minimum absolute atomic E-state index is 0.0687. The fourth-order valence-electron chi connectivity index (χ4n) is 3.91. The van der Waals surface area contributed by atoms with Crippen LogP contribution in [0.1, 0.15) is 18.1 Å². The van der Waals surface area contributed by atoms with Crippen molar-refractivity contribution in [2.75, 3.05) is 36.4 Å². The molecule has 0 unspecified atom stereocenters. The lowest BCUT2D eigenvalue weighted by molar-refractivity contribution is 0.426. The second kappa shape index (κ2) is 8.72. The van der Waals surface area contributed by atoms with Gasteiger partial charge in [-0.2, -0.15) is 4.98 Å². The number of rotatable bonds is 5. The molecule has 32 heavy (non-hydrogen) atoms. The Labute approximate surface area is 190 Å². The number of halogens is 2. The van der Waals surface area contributed by atoms with E-state index >= 15 is 0 Å². The Morgan fingerprint density at radius 2 is 1.97 bits per heavy atom. The summed E-state index contributed by atoms with van der Waals surface area (Å²) in [4.78, 5) is 15.0. The lowest BCUT2D eigenvalue weighted by atomic mass is 10.1. The molecule has 0 amide bonds. The molecule has 1 aliphatic carbocycles. The summed E-state index contributed by atoms with van der Waals surface area (Å²) in [5, 5.41) is 6.56. The predicted molar refractivity (Wildman–Crippen MR) is 123 cm³/mol. The Morgan fingerprint density at radius 3 is 2.75 bits per heavy atom. The van der Waals surface area contributed by atoms with Crippen LogP contribution in [0.5, 0.6) is 11.6 Å². The summed E-state index contributed by atoms with van der Waals surface area (Å²) in [6.07, 6.45) is 5.71. The Balaban J connectivity index is 1.34. The van der Waals surface area contributed by atoms with Crippen LogP contribution in [0.2, 0.25) is 5.02 Å². The number of nitrogens with one attached hydrogen (secondary N) is 2. The van der Waals surface area contributed by atoms with Gasteiger partial charge in [0.2, 0.25) is 5.88 Å². The minimum atomic E-state index is -0.422. The summed E-state index contributed by atoms with van der Waals surface area (Å²) in [6, 6.07) is 7.33. The van der Waals surface area contributed by atoms with Gasteiger partial charge in [0, 0.05) is 31.7 Å². The topological polar surface area (TPSA) is 75.2 Å². The van der Waals surface area contributed by atoms with Crippen molar-refractivity contribution in [3.05, 3.63) is 64.3 Å². The van der Waals surface area contributed by atoms with E-state index in [-0.39, 0.29) is 16.7 Å². The molecule has 9 heteroatoms. The summed E-state index contributed by atoms with van der Waals surface area (Å²) in [7, 11) is 0. The van der Waals surface area contributed by atoms with Crippen LogP contribution >= 0.6 is 11.6 Å². The Kier molecular flexibility index (Phi) is 5.63. The third kappa shape index (κ3) is 4.11. The summed E-state index contributed by atoms with van der Waals surface area (Å²) in [6.45, 7) is 5.78. The van der Waals surface area contributed by atoms with E-state index in [1.165, 1.54) is 6.33 Å². The van der Waals surface area contributed by atoms with Crippen LogP contribution < -0.4 is 20.3 Å². The first-order valence-electron chi connectivity index (χ1n) is 10.4. The standard InChI is InChI=1S/C23H22ClFN6O/c1-14-10-15-2-4-18(21(25)17(15)11-14)32-23-20(24)22(28-13-29-23)30-19-5-3-16(12-27-19)31-8-6-26-7-9-31/h2-5,11-13,26H,6-10H2,1H3,(H,27,28,29,30). The molecule has 3 aromatic rings. The number of nitrogens with zero attached hydrogens (tertiary/aromatic N) is 4. The SMILES string of the molecule is CC1=Cc2c(ccc(Oc3ncnc(Nc4ccc(N5CCNCC5)cn4)c3Cl)c2F)C1. The summed E-state index contributed by atoms with van der Waals surface area (Å²) in [5.74, 6) is 0.628. The van der Waals surface area contributed by atoms with Gasteiger partial charge in [-0.15, -0.1) is 0 Å². The van der Waals surface area contributed by atoms with Crippen molar-refractivity contribution in [2.45, 2.75) is 13.3 Å². The first-order valence-corrected chi connectivity index (χ1v) is 10.8. The van der Waals surface area contributed by atoms with Gasteiger partial charge >= 0.3 is 0 Å². The van der Waals surface area contributed by atoms with Crippen molar-refractivity contribution in [1.82, 2.24) is 20.3 Å². The van der Waals surface area contributed by atoms with Gasteiger partial charge in [0.1, 0.15) is 17.2 Å². The lowest BCUT2D eigenvalue weighted by Gasteiger charge is -2.29. The third-order valence-corrected chi connectivity index (χ3v) is 5.88. The van der Waals surface area contributed by atoms with Crippen LogP contribution in [0.4, 0.5) is 21.7 Å². The van der Waals surface area contributed by atoms with Gasteiger partial charge in [0.05, 0.1) is 11.9 Å². The number of allylic oxidation sites excluding steroid dienone is 1. The number of piperazine rings is 1. The van der Waals surface area contributed by atoms with Crippen molar-refractivity contribution in [3.8, 4) is 11.6 Å². The highest BCUT2D eigenvalue weighted by Crippen LogP contribution is 2.37. The molecule has 0 bridgehead atoms. The van der Waals surface area contributed by atoms with E-state index in [0.29, 0.717) is 17.2 Å². The second-order valence-corrected chi connectivity index (χ2v) is 8.20. The Morgan fingerprint density at radius 1 is 1.12 bits per heavy atom. The average Bonchev–Trinajstić information content (AvgIpc) is 3.20. The first-order chi connectivity index (χ1) is 15.6. The van der Waals surface area contributed by atoms with Gasteiger partial charge in [-0.1, -0.05) is 29.3 Å². The van der Waals surface area contributed by atoms with Crippen molar-refractivity contribution in [3.63, 3.8) is 0 Å². The van der Waals surface area contributed by atoms with Crippen LogP contribution in [-0.2, 0) is 6.42 Å². The summed E-state index contributed by atoms with van der Waals surface area (Å²) in [5.41, 5.74) is 3.67. The van der Waals surface area contributed by atoms with Crippen molar-refractivity contribution in [1.29, 1.82) is 0 Å². The second-order valence-electron chi connectivity index (χ2n) is 7.83. The Bertz CT molecular complexity index is 1180. The summed E-state index contributed by atoms with van der Waals surface area (Å²) < 4.78 is 20.6. The van der Waals surface area contributed by atoms with Crippen LogP contribution in [-0.4, -0.2) is 41.1 Å². The molecule has 1 fully saturated rings. The zero-order valence-electron chi connectivity index (χ0n) is 17.5. The maximum atomic E-state index is 14.9. The molecule has 0 saturated carbocycles. The third-order valence-electron chi connectivity index (χ3n) is 5.54. The molecule has 1 saturated heterocycles. The van der Waals surface area contributed by atoms with Gasteiger partial charge in [0.15, 0.2) is 17.4 Å². The molecule has 3 heterocycles. The molecule has 1 aromatic carbocycles. The van der Waals surface area contributed by atoms with Crippen LogP contribution in [0.3, 0.4) is 0 Å². The zero-order chi connectivity index (χ0) is 22.1. The van der Waals surface area contributed by atoms with Crippen molar-refractivity contribution < 1.29 is 9.13 Å². The molecule has 5 rings (SSSR count). The summed E-state index contributed by atoms with van der Waals surface area (Å²) >= 11 is 6.46. The number of aromatic nitrogens is 3. The van der Waals surface area contributed by atoms with E-state index in [1.54, 1.807) is 6.07 Å². The fraction of sp³-hybridized carbons (Fsp3) is 0.261. The van der Waals surface area contributed by atoms with Crippen LogP contribution in [0.25, 0.3) is 6.08 Å². The molecule has 1 aliphatic heterocycles. The van der Waals surface area contributed by atoms with Crippen molar-refractivity contribution >= 4 is 35.0 Å². The predicted octanol–water partition coefficient (Wildman–Crippen LogP) is 4.57. The maximum absolute atomic E-state index is 14.9. The first kappa shape index (κ1) is 20.7. The molecular formula is C23H22ClFN6O. The van der Waals surface area contributed by atoms with E-state index < -0.39 is 5.82 Å². The van der Waals surface area contributed by atoms with E-state index in [2.05, 4.69) is 30.5 Å². The smallest absolute Gasteiger partial charge is 0.243 e. The number of fused-ring (bicyclic) bond motifs is 1. The van der Waals surface area contributed by atoms with Gasteiger partial charge in [0.25, 0.3) is 0 Å². The number of ether oxygens (including phenoxy) is 1. The van der Waals surface area contributed by atoms with Gasteiger partial charge in [-0.05, 0) is 37.1 Å². The lowest BCUT2D eigenvalue weighted by Crippen LogP contribution is -2.43. The highest BCUT2D eigenvalue weighted by molar-refractivity contribution is 6.34. The molecule has 2 N–H and O–H groups in total. The molecular weight excluding hydrogens is 431 g/mol. The molecule has 0 atom stereocenters. The van der Waals surface area contributed by atoms with E-state index in [1.807, 2.05) is 37.4 Å². The molecule has 0 radical (unpaired) electrons. The molecule has 7 nitrogen and oxygen atoms in total. The highest BCUT2D eigenvalue weighted by Gasteiger charge is 2.20. The highest BCUT2D eigenvalue weighted by atomic mass is 35.5. The normalized spacial score (nSPS) is 15.3.